The fraction of sp³-hybridized carbons (Fsp3) is 0.455. The molecule has 1 aromatic rings. The fourth-order valence-corrected chi connectivity index (χ4v) is 1.55. The molecule has 4 N–H and O–H groups in total. The van der Waals surface area contributed by atoms with Crippen LogP contribution in [0, 0.1) is 0 Å². The Labute approximate surface area is 79.9 Å². The van der Waals surface area contributed by atoms with Crippen molar-refractivity contribution in [3.8, 4) is 0 Å². The van der Waals surface area contributed by atoms with E-state index in [9.17, 15) is 0 Å². The first-order valence-electron chi connectivity index (χ1n) is 4.83. The van der Waals surface area contributed by atoms with Crippen molar-refractivity contribution in [1.29, 1.82) is 0 Å². The third kappa shape index (κ3) is 2.54. The molecule has 0 bridgehead atoms. The van der Waals surface area contributed by atoms with Crippen molar-refractivity contribution >= 4 is 0 Å². The van der Waals surface area contributed by atoms with E-state index in [4.69, 9.17) is 11.5 Å². The number of hydrogen-bond acceptors (Lipinski definition) is 2. The van der Waals surface area contributed by atoms with Gasteiger partial charge in [0.25, 0.3) is 0 Å². The monoisotopic (exact) mass is 178 g/mol. The summed E-state index contributed by atoms with van der Waals surface area (Å²) in [5, 5.41) is 0. The molecule has 1 atom stereocenters. The maximum atomic E-state index is 6.00. The Bertz CT molecular complexity index is 258. The van der Waals surface area contributed by atoms with E-state index in [1.165, 1.54) is 11.1 Å². The van der Waals surface area contributed by atoms with Crippen molar-refractivity contribution in [3.63, 3.8) is 0 Å². The molecule has 0 aliphatic heterocycles. The maximum Gasteiger partial charge on any atom is 0.0309 e. The Hall–Kier alpha value is -0.860. The van der Waals surface area contributed by atoms with E-state index in [2.05, 4.69) is 25.1 Å². The van der Waals surface area contributed by atoms with E-state index in [0.29, 0.717) is 6.54 Å². The van der Waals surface area contributed by atoms with E-state index in [-0.39, 0.29) is 6.04 Å². The predicted octanol–water partition coefficient (Wildman–Crippen LogP) is 1.60. The summed E-state index contributed by atoms with van der Waals surface area (Å²) < 4.78 is 0. The van der Waals surface area contributed by atoms with Crippen molar-refractivity contribution in [3.05, 3.63) is 35.4 Å². The third-order valence-corrected chi connectivity index (χ3v) is 2.31. The second kappa shape index (κ2) is 5.00. The smallest absolute Gasteiger partial charge is 0.0309 e. The third-order valence-electron chi connectivity index (χ3n) is 2.31. The second-order valence-corrected chi connectivity index (χ2v) is 3.24. The lowest BCUT2D eigenvalue weighted by Gasteiger charge is -2.14. The van der Waals surface area contributed by atoms with Crippen molar-refractivity contribution in [2.45, 2.75) is 25.8 Å². The van der Waals surface area contributed by atoms with Crippen molar-refractivity contribution in [1.82, 2.24) is 0 Å². The van der Waals surface area contributed by atoms with E-state index < -0.39 is 0 Å². The molecular formula is C11H18N2. The molecule has 0 aliphatic carbocycles. The maximum absolute atomic E-state index is 6.00. The predicted molar refractivity (Wildman–Crippen MR) is 56.4 cm³/mol. The topological polar surface area (TPSA) is 52.0 Å². The van der Waals surface area contributed by atoms with Gasteiger partial charge in [0.05, 0.1) is 0 Å². The van der Waals surface area contributed by atoms with Crippen molar-refractivity contribution in [2.75, 3.05) is 6.54 Å². The van der Waals surface area contributed by atoms with Gasteiger partial charge in [0.1, 0.15) is 0 Å². The Morgan fingerprint density at radius 2 is 2.00 bits per heavy atom. The van der Waals surface area contributed by atoms with Crippen LogP contribution in [0.3, 0.4) is 0 Å². The lowest BCUT2D eigenvalue weighted by Crippen LogP contribution is -2.16. The first-order valence-corrected chi connectivity index (χ1v) is 4.83. The van der Waals surface area contributed by atoms with E-state index in [1.807, 2.05) is 6.07 Å². The van der Waals surface area contributed by atoms with Crippen LogP contribution in [0.15, 0.2) is 24.3 Å². The molecule has 0 saturated carbocycles. The summed E-state index contributed by atoms with van der Waals surface area (Å²) in [5.74, 6) is 0. The summed E-state index contributed by atoms with van der Waals surface area (Å²) >= 11 is 0. The van der Waals surface area contributed by atoms with Gasteiger partial charge in [-0.2, -0.15) is 0 Å². The number of nitrogens with two attached hydrogens (primary N) is 2. The zero-order chi connectivity index (χ0) is 9.68. The highest BCUT2D eigenvalue weighted by atomic mass is 14.7. The van der Waals surface area contributed by atoms with E-state index >= 15 is 0 Å². The molecule has 72 valence electrons. The Morgan fingerprint density at radius 3 is 2.62 bits per heavy atom. The first kappa shape index (κ1) is 10.2. The van der Waals surface area contributed by atoms with E-state index in [1.54, 1.807) is 0 Å². The average Bonchev–Trinajstić information content (AvgIpc) is 2.18. The van der Waals surface area contributed by atoms with Crippen LogP contribution in [0.5, 0.6) is 0 Å². The minimum atomic E-state index is 0.0983. The fourth-order valence-electron chi connectivity index (χ4n) is 1.55. The summed E-state index contributed by atoms with van der Waals surface area (Å²) in [6.45, 7) is 2.80. The van der Waals surface area contributed by atoms with Crippen LogP contribution in [0.4, 0.5) is 0 Å². The molecule has 0 radical (unpaired) electrons. The molecule has 13 heavy (non-hydrogen) atoms. The summed E-state index contributed by atoms with van der Waals surface area (Å²) in [6, 6.07) is 8.41. The second-order valence-electron chi connectivity index (χ2n) is 3.24. The SMILES string of the molecule is CCc1ccccc1C(N)CCN. The van der Waals surface area contributed by atoms with Crippen LogP contribution in [-0.4, -0.2) is 6.54 Å². The highest BCUT2D eigenvalue weighted by molar-refractivity contribution is 5.29. The van der Waals surface area contributed by atoms with Crippen LogP contribution in [0.25, 0.3) is 0 Å². The van der Waals surface area contributed by atoms with Gasteiger partial charge >= 0.3 is 0 Å². The summed E-state index contributed by atoms with van der Waals surface area (Å²) in [4.78, 5) is 0. The van der Waals surface area contributed by atoms with Gasteiger partial charge in [0.15, 0.2) is 0 Å². The molecule has 0 saturated heterocycles. The number of aryl methyl sites for hydroxylation is 1. The number of benzene rings is 1. The van der Waals surface area contributed by atoms with Gasteiger partial charge in [0.2, 0.25) is 0 Å². The van der Waals surface area contributed by atoms with Gasteiger partial charge in [-0.05, 0) is 30.5 Å². The normalized spacial score (nSPS) is 12.8. The average molecular weight is 178 g/mol. The minimum Gasteiger partial charge on any atom is -0.330 e. The molecule has 2 heteroatoms. The lowest BCUT2D eigenvalue weighted by molar-refractivity contribution is 0.655. The largest absolute Gasteiger partial charge is 0.330 e. The Kier molecular flexibility index (Phi) is 3.93. The molecule has 0 fully saturated rings. The van der Waals surface area contributed by atoms with Crippen LogP contribution in [-0.2, 0) is 6.42 Å². The molecule has 0 heterocycles. The van der Waals surface area contributed by atoms with Crippen LogP contribution in [0.1, 0.15) is 30.5 Å². The molecule has 1 unspecified atom stereocenters. The van der Waals surface area contributed by atoms with Crippen LogP contribution in [0.2, 0.25) is 0 Å². The van der Waals surface area contributed by atoms with E-state index in [0.717, 1.165) is 12.8 Å². The standard InChI is InChI=1S/C11H18N2/c1-2-9-5-3-4-6-10(9)11(13)7-8-12/h3-6,11H,2,7-8,12-13H2,1H3. The summed E-state index contributed by atoms with van der Waals surface area (Å²) in [5.41, 5.74) is 14.1. The van der Waals surface area contributed by atoms with Gasteiger partial charge < -0.3 is 11.5 Å². The molecule has 0 spiro atoms. The zero-order valence-electron chi connectivity index (χ0n) is 8.16. The first-order chi connectivity index (χ1) is 6.29. The summed E-state index contributed by atoms with van der Waals surface area (Å²) in [6.07, 6.45) is 1.89. The molecule has 1 rings (SSSR count). The molecule has 2 nitrogen and oxygen atoms in total. The minimum absolute atomic E-state index is 0.0983. The molecule has 0 amide bonds. The number of rotatable bonds is 4. The number of hydrogen-bond donors (Lipinski definition) is 2. The highest BCUT2D eigenvalue weighted by Gasteiger charge is 2.07. The highest BCUT2D eigenvalue weighted by Crippen LogP contribution is 2.18. The molecule has 0 aliphatic rings. The Balaban J connectivity index is 2.85. The quantitative estimate of drug-likeness (QED) is 0.735. The van der Waals surface area contributed by atoms with Gasteiger partial charge in [-0.3, -0.25) is 0 Å². The lowest BCUT2D eigenvalue weighted by atomic mass is 9.97. The van der Waals surface area contributed by atoms with Crippen LogP contribution >= 0.6 is 0 Å². The van der Waals surface area contributed by atoms with Crippen molar-refractivity contribution < 1.29 is 0 Å². The van der Waals surface area contributed by atoms with Gasteiger partial charge in [-0.1, -0.05) is 31.2 Å². The summed E-state index contributed by atoms with van der Waals surface area (Å²) in [7, 11) is 0. The van der Waals surface area contributed by atoms with Gasteiger partial charge in [-0.15, -0.1) is 0 Å². The van der Waals surface area contributed by atoms with Crippen molar-refractivity contribution in [2.24, 2.45) is 11.5 Å². The van der Waals surface area contributed by atoms with Gasteiger partial charge in [0, 0.05) is 6.04 Å². The molecule has 0 aromatic heterocycles. The zero-order valence-corrected chi connectivity index (χ0v) is 8.16. The molecule has 1 aromatic carbocycles. The molecular weight excluding hydrogens is 160 g/mol. The Morgan fingerprint density at radius 1 is 1.31 bits per heavy atom. The van der Waals surface area contributed by atoms with Crippen LogP contribution < -0.4 is 11.5 Å². The van der Waals surface area contributed by atoms with Gasteiger partial charge in [-0.25, -0.2) is 0 Å².